The van der Waals surface area contributed by atoms with Crippen LogP contribution in [0.15, 0.2) is 38.0 Å². The molecule has 2 nitrogen and oxygen atoms in total. The minimum atomic E-state index is -3.72. The molecule has 0 aromatic heterocycles. The van der Waals surface area contributed by atoms with Crippen LogP contribution in [-0.4, -0.2) is 0 Å². The quantitative estimate of drug-likeness (QED) is 0.245. The topological polar surface area (TPSA) is 46.1 Å². The minimum Gasteiger partial charge on any atom is -0.850 e. The first-order valence-corrected chi connectivity index (χ1v) is 6.83. The maximum atomic E-state index is 9.29. The van der Waals surface area contributed by atoms with Crippen molar-refractivity contribution in [3.05, 3.63) is 58.7 Å². The zero-order valence-electron chi connectivity index (χ0n) is 10.2. The Morgan fingerprint density at radius 2 is 0.882 bits per heavy atom. The second-order valence-electron chi connectivity index (χ2n) is 1.31. The van der Waals surface area contributed by atoms with Gasteiger partial charge in [0.05, 0.1) is 0 Å². The Labute approximate surface area is 155 Å². The van der Waals surface area contributed by atoms with Gasteiger partial charge in [0.25, 0.3) is 0 Å². The van der Waals surface area contributed by atoms with Gasteiger partial charge >= 0.3 is 58.4 Å². The fraction of sp³-hybridized carbons (Fsp3) is 0. The van der Waals surface area contributed by atoms with E-state index in [-0.39, 0.29) is 58.4 Å². The van der Waals surface area contributed by atoms with E-state index < -0.39 is 5.69 Å². The van der Waals surface area contributed by atoms with Crippen molar-refractivity contribution in [3.63, 3.8) is 0 Å². The van der Waals surface area contributed by atoms with E-state index >= 15 is 0 Å². The van der Waals surface area contributed by atoms with E-state index in [9.17, 15) is 9.79 Å². The van der Waals surface area contributed by atoms with Crippen molar-refractivity contribution < 1.29 is 68.2 Å². The summed E-state index contributed by atoms with van der Waals surface area (Å²) in [5.41, 5.74) is -3.72. The molecule has 0 radical (unpaired) electrons. The van der Waals surface area contributed by atoms with Crippen LogP contribution in [0.3, 0.4) is 0 Å². The Balaban J connectivity index is -0.0000000152. The molecular weight excluding hydrogens is 431 g/mol. The third-order valence-electron chi connectivity index (χ3n) is 0. The van der Waals surface area contributed by atoms with Crippen LogP contribution in [0, 0.1) is 20.8 Å². The summed E-state index contributed by atoms with van der Waals surface area (Å²) >= 11 is 7.28. The van der Waals surface area contributed by atoms with Crippen molar-refractivity contribution in [2.45, 2.75) is 0 Å². The third kappa shape index (κ3) is 1640. The molecule has 17 heavy (non-hydrogen) atoms. The van der Waals surface area contributed by atoms with Gasteiger partial charge in [-0.15, -0.1) is 0 Å². The molecule has 0 saturated carbocycles. The van der Waals surface area contributed by atoms with Gasteiger partial charge in [-0.3, -0.25) is 0 Å². The van der Waals surface area contributed by atoms with Gasteiger partial charge in [-0.1, -0.05) is 0 Å². The molecule has 0 aromatic carbocycles. The molecule has 0 bridgehead atoms. The summed E-state index contributed by atoms with van der Waals surface area (Å²) in [5.74, 6) is 0. The molecule has 0 rings (SSSR count). The SMILES string of the molecule is C=C[CH2-].C=C[CH2-].C=C[CH2-].[O-]P([O-])(=S)[S-].[Zn+2].[Zn+2].[Zn+2]. The maximum Gasteiger partial charge on any atom is 2.00 e. The van der Waals surface area contributed by atoms with E-state index in [0.29, 0.717) is 0 Å². The van der Waals surface area contributed by atoms with Crippen molar-refractivity contribution in [1.82, 2.24) is 0 Å². The van der Waals surface area contributed by atoms with Gasteiger partial charge < -0.3 is 27.7 Å². The van der Waals surface area contributed by atoms with Gasteiger partial charge in [0.15, 0.2) is 0 Å². The first-order valence-electron chi connectivity index (χ1n) is 3.18. The monoisotopic (exact) mass is 442 g/mol. The summed E-state index contributed by atoms with van der Waals surface area (Å²) in [6.07, 6.45) is 4.50. The van der Waals surface area contributed by atoms with Gasteiger partial charge in [-0.2, -0.15) is 11.8 Å². The molecule has 0 heterocycles. The molecular formula is C9H15O2PS2Zn3. The van der Waals surface area contributed by atoms with Crippen molar-refractivity contribution in [2.24, 2.45) is 0 Å². The van der Waals surface area contributed by atoms with Crippen LogP contribution in [0.5, 0.6) is 0 Å². The van der Waals surface area contributed by atoms with E-state index in [4.69, 9.17) is 0 Å². The molecule has 0 aliphatic heterocycles. The first kappa shape index (κ1) is 42.8. The van der Waals surface area contributed by atoms with Crippen molar-refractivity contribution in [2.75, 3.05) is 0 Å². The zero-order valence-corrected chi connectivity index (χ0v) is 21.6. The first-order chi connectivity index (χ1) is 6.24. The summed E-state index contributed by atoms with van der Waals surface area (Å²) < 4.78 is 0. The van der Waals surface area contributed by atoms with Crippen molar-refractivity contribution >= 4 is 29.7 Å². The molecule has 0 aliphatic rings. The van der Waals surface area contributed by atoms with E-state index in [1.165, 1.54) is 18.2 Å². The summed E-state index contributed by atoms with van der Waals surface area (Å²) in [6.45, 7) is 19.5. The van der Waals surface area contributed by atoms with Gasteiger partial charge in [0, 0.05) is 0 Å². The van der Waals surface area contributed by atoms with E-state index in [1.54, 1.807) is 0 Å². The van der Waals surface area contributed by atoms with E-state index in [0.717, 1.165) is 0 Å². The minimum absolute atomic E-state index is 0. The largest absolute Gasteiger partial charge is 2.00 e. The molecule has 0 saturated heterocycles. The van der Waals surface area contributed by atoms with Crippen LogP contribution in [0.25, 0.3) is 0 Å². The molecule has 0 aliphatic carbocycles. The summed E-state index contributed by atoms with van der Waals surface area (Å²) in [4.78, 5) is 18.6. The van der Waals surface area contributed by atoms with Crippen molar-refractivity contribution in [3.8, 4) is 0 Å². The Morgan fingerprint density at radius 3 is 0.882 bits per heavy atom. The van der Waals surface area contributed by atoms with Crippen LogP contribution in [-0.2, 0) is 82.5 Å². The number of hydrogen-bond acceptors (Lipinski definition) is 4. The average molecular weight is 446 g/mol. The predicted octanol–water partition coefficient (Wildman–Crippen LogP) is 1.49. The second kappa shape index (κ2) is 43.2. The Kier molecular flexibility index (Phi) is 109. The van der Waals surface area contributed by atoms with Crippen molar-refractivity contribution in [1.29, 1.82) is 0 Å². The van der Waals surface area contributed by atoms with Crippen LogP contribution in [0.1, 0.15) is 0 Å². The molecule has 0 fully saturated rings. The predicted molar refractivity (Wildman–Crippen MR) is 68.3 cm³/mol. The Hall–Kier alpha value is 1.62. The van der Waals surface area contributed by atoms with E-state index in [1.807, 2.05) is 0 Å². The average Bonchev–Trinajstić information content (AvgIpc) is 1.86. The van der Waals surface area contributed by atoms with Gasteiger partial charge in [-0.25, -0.2) is 58.7 Å². The normalized spacial score (nSPS) is 5.59. The third-order valence-corrected chi connectivity index (χ3v) is 0. The van der Waals surface area contributed by atoms with Crippen LogP contribution < -0.4 is 9.79 Å². The molecule has 0 amide bonds. The zero-order chi connectivity index (χ0) is 12.6. The Morgan fingerprint density at radius 1 is 0.882 bits per heavy atom. The van der Waals surface area contributed by atoms with Gasteiger partial charge in [0.1, 0.15) is 0 Å². The number of allylic oxidation sites excluding steroid dienone is 3. The summed E-state index contributed by atoms with van der Waals surface area (Å²) in [5, 5.41) is 0. The van der Waals surface area contributed by atoms with Gasteiger partial charge in [0.2, 0.25) is 0 Å². The van der Waals surface area contributed by atoms with Crippen LogP contribution in [0.4, 0.5) is 0 Å². The number of rotatable bonds is 0. The number of hydrogen-bond donors (Lipinski definition) is 0. The van der Waals surface area contributed by atoms with E-state index in [2.05, 4.69) is 64.6 Å². The molecule has 0 atom stereocenters. The molecule has 8 heteroatoms. The fourth-order valence-electron chi connectivity index (χ4n) is 0. The molecule has 86 valence electrons. The standard InChI is InChI=1S/3C3H5.H3O2PS2.3Zn/c3*1-3-2;1-3(2,4)5;;;/h3*3H,1-2H2;(H3,1,2,4,5);;;/q3*-1;;3*+2/p-3. The molecule has 0 N–H and O–H groups in total. The van der Waals surface area contributed by atoms with Crippen LogP contribution in [0.2, 0.25) is 0 Å². The van der Waals surface area contributed by atoms with Gasteiger partial charge in [-0.05, 0) is 0 Å². The smallest absolute Gasteiger partial charge is 0.850 e. The summed E-state index contributed by atoms with van der Waals surface area (Å²) in [7, 11) is 0. The molecule has 0 unspecified atom stereocenters. The summed E-state index contributed by atoms with van der Waals surface area (Å²) in [6, 6.07) is 0. The van der Waals surface area contributed by atoms with Crippen LogP contribution >= 0.6 is 5.69 Å². The Bertz CT molecular complexity index is 153. The molecule has 0 spiro atoms. The molecule has 0 aromatic rings. The maximum absolute atomic E-state index is 9.29. The fourth-order valence-corrected chi connectivity index (χ4v) is 0. The second-order valence-corrected chi connectivity index (χ2v) is 5.79.